The normalized spacial score (nSPS) is 11.6. The van der Waals surface area contributed by atoms with Crippen LogP contribution in [0.15, 0.2) is 30.1 Å². The summed E-state index contributed by atoms with van der Waals surface area (Å²) in [5.41, 5.74) is 6.33. The first-order valence-electron chi connectivity index (χ1n) is 4.54. The Hall–Kier alpha value is -1.42. The molecule has 0 aliphatic rings. The lowest BCUT2D eigenvalue weighted by molar-refractivity contribution is 0.345. The topological polar surface area (TPSA) is 35.2 Å². The van der Waals surface area contributed by atoms with Crippen LogP contribution >= 0.6 is 0 Å². The summed E-state index contributed by atoms with van der Waals surface area (Å²) < 4.78 is 30.2. The number of hydrogen-bond donors (Lipinski definition) is 1. The molecule has 1 aromatic carbocycles. The van der Waals surface area contributed by atoms with Gasteiger partial charge in [0, 0.05) is 18.2 Å². The van der Waals surface area contributed by atoms with E-state index in [9.17, 15) is 8.78 Å². The first kappa shape index (κ1) is 11.7. The highest BCUT2D eigenvalue weighted by molar-refractivity contribution is 5.29. The van der Waals surface area contributed by atoms with Crippen LogP contribution in [0.25, 0.3) is 0 Å². The molecule has 0 amide bonds. The van der Waals surface area contributed by atoms with Gasteiger partial charge in [0.15, 0.2) is 0 Å². The molecule has 0 saturated heterocycles. The third-order valence-corrected chi connectivity index (χ3v) is 1.86. The molecule has 1 aromatic rings. The maximum absolute atomic E-state index is 12.9. The summed E-state index contributed by atoms with van der Waals surface area (Å²) in [6, 6.07) is 4.32. The van der Waals surface area contributed by atoms with Crippen molar-refractivity contribution < 1.29 is 13.5 Å². The molecule has 0 saturated carbocycles. The van der Waals surface area contributed by atoms with Gasteiger partial charge in [-0.25, -0.2) is 8.78 Å². The van der Waals surface area contributed by atoms with Crippen molar-refractivity contribution in [1.29, 1.82) is 0 Å². The lowest BCUT2D eigenvalue weighted by Gasteiger charge is -2.07. The van der Waals surface area contributed by atoms with Crippen molar-refractivity contribution in [2.45, 2.75) is 6.92 Å². The van der Waals surface area contributed by atoms with Crippen LogP contribution < -0.4 is 10.5 Å². The molecule has 0 radical (unpaired) electrons. The van der Waals surface area contributed by atoms with Crippen LogP contribution in [0.4, 0.5) is 8.78 Å². The van der Waals surface area contributed by atoms with Crippen molar-refractivity contribution >= 4 is 0 Å². The van der Waals surface area contributed by atoms with E-state index in [-0.39, 0.29) is 19.0 Å². The molecular weight excluding hydrogens is 200 g/mol. The zero-order chi connectivity index (χ0) is 11.3. The molecule has 2 N–H and O–H groups in total. The Labute approximate surface area is 87.4 Å². The Morgan fingerprint density at radius 1 is 1.47 bits per heavy atom. The molecule has 0 spiro atoms. The molecule has 0 unspecified atom stereocenters. The highest BCUT2D eigenvalue weighted by atomic mass is 19.1. The van der Waals surface area contributed by atoms with Crippen molar-refractivity contribution in [3.05, 3.63) is 41.5 Å². The largest absolute Gasteiger partial charge is 0.489 e. The number of benzene rings is 1. The van der Waals surface area contributed by atoms with E-state index in [0.717, 1.165) is 5.56 Å². The quantitative estimate of drug-likeness (QED) is 0.833. The van der Waals surface area contributed by atoms with Crippen molar-refractivity contribution in [3.8, 4) is 5.75 Å². The van der Waals surface area contributed by atoms with Crippen molar-refractivity contribution in [2.75, 3.05) is 13.2 Å². The predicted octanol–water partition coefficient (Wildman–Crippen LogP) is 2.33. The lowest BCUT2D eigenvalue weighted by Crippen LogP contribution is -2.10. The Balaban J connectivity index is 2.65. The Morgan fingerprint density at radius 2 is 2.20 bits per heavy atom. The van der Waals surface area contributed by atoms with Gasteiger partial charge in [-0.1, -0.05) is 0 Å². The molecule has 0 aromatic heterocycles. The van der Waals surface area contributed by atoms with Gasteiger partial charge in [-0.05, 0) is 24.6 Å². The monoisotopic (exact) mass is 213 g/mol. The molecule has 82 valence electrons. The molecule has 0 atom stereocenters. The third kappa shape index (κ3) is 3.67. The van der Waals surface area contributed by atoms with Crippen LogP contribution in [-0.2, 0) is 0 Å². The Kier molecular flexibility index (Phi) is 4.24. The highest BCUT2D eigenvalue weighted by Crippen LogP contribution is 2.16. The first-order chi connectivity index (χ1) is 7.15. The number of hydrogen-bond acceptors (Lipinski definition) is 2. The van der Waals surface area contributed by atoms with Crippen LogP contribution in [0.3, 0.4) is 0 Å². The van der Waals surface area contributed by atoms with Crippen LogP contribution in [0, 0.1) is 12.7 Å². The van der Waals surface area contributed by atoms with Crippen molar-refractivity contribution in [3.63, 3.8) is 0 Å². The first-order valence-corrected chi connectivity index (χ1v) is 4.54. The molecular formula is C11H13F2NO. The van der Waals surface area contributed by atoms with E-state index in [2.05, 4.69) is 0 Å². The fraction of sp³-hybridized carbons (Fsp3) is 0.273. The van der Waals surface area contributed by atoms with E-state index in [1.165, 1.54) is 12.1 Å². The minimum Gasteiger partial charge on any atom is -0.489 e. The van der Waals surface area contributed by atoms with Crippen LogP contribution in [0.5, 0.6) is 5.75 Å². The fourth-order valence-electron chi connectivity index (χ4n) is 1.10. The molecule has 2 nitrogen and oxygen atoms in total. The Bertz CT molecular complexity index is 343. The van der Waals surface area contributed by atoms with Crippen molar-refractivity contribution in [1.82, 2.24) is 0 Å². The summed E-state index contributed by atoms with van der Waals surface area (Å²) in [6.45, 7) is 1.88. The minimum absolute atomic E-state index is 0.0376. The number of halogens is 2. The van der Waals surface area contributed by atoms with Gasteiger partial charge in [-0.15, -0.1) is 0 Å². The molecule has 0 aliphatic carbocycles. The van der Waals surface area contributed by atoms with E-state index < -0.39 is 0 Å². The second-order valence-corrected chi connectivity index (χ2v) is 3.22. The summed E-state index contributed by atoms with van der Waals surface area (Å²) in [7, 11) is 0. The smallest absolute Gasteiger partial charge is 0.127 e. The van der Waals surface area contributed by atoms with E-state index in [4.69, 9.17) is 10.5 Å². The van der Waals surface area contributed by atoms with Crippen molar-refractivity contribution in [2.24, 2.45) is 5.73 Å². The van der Waals surface area contributed by atoms with Gasteiger partial charge in [0.1, 0.15) is 18.2 Å². The number of rotatable bonds is 4. The minimum atomic E-state index is -0.372. The summed E-state index contributed by atoms with van der Waals surface area (Å²) >= 11 is 0. The van der Waals surface area contributed by atoms with Crippen LogP contribution in [-0.4, -0.2) is 13.2 Å². The molecule has 1 rings (SSSR count). The van der Waals surface area contributed by atoms with Gasteiger partial charge in [-0.3, -0.25) is 0 Å². The average Bonchev–Trinajstić information content (AvgIpc) is 2.18. The van der Waals surface area contributed by atoms with Gasteiger partial charge in [-0.2, -0.15) is 0 Å². The van der Waals surface area contributed by atoms with Gasteiger partial charge < -0.3 is 10.5 Å². The molecule has 4 heteroatoms. The molecule has 15 heavy (non-hydrogen) atoms. The third-order valence-electron chi connectivity index (χ3n) is 1.86. The second-order valence-electron chi connectivity index (χ2n) is 3.22. The Morgan fingerprint density at radius 3 is 2.73 bits per heavy atom. The van der Waals surface area contributed by atoms with E-state index in [1.807, 2.05) is 0 Å². The predicted molar refractivity (Wildman–Crippen MR) is 54.9 cm³/mol. The summed E-state index contributed by atoms with van der Waals surface area (Å²) in [5, 5.41) is 0. The average molecular weight is 213 g/mol. The van der Waals surface area contributed by atoms with Gasteiger partial charge in [0.2, 0.25) is 0 Å². The molecule has 0 fully saturated rings. The number of aryl methyl sites for hydroxylation is 1. The van der Waals surface area contributed by atoms with Gasteiger partial charge in [0.05, 0.1) is 6.33 Å². The number of nitrogens with two attached hydrogens (primary N) is 1. The highest BCUT2D eigenvalue weighted by Gasteiger charge is 2.01. The van der Waals surface area contributed by atoms with Gasteiger partial charge in [0.25, 0.3) is 0 Å². The van der Waals surface area contributed by atoms with E-state index in [1.54, 1.807) is 13.0 Å². The number of ether oxygens (including phenoxy) is 1. The fourth-order valence-corrected chi connectivity index (χ4v) is 1.10. The van der Waals surface area contributed by atoms with Crippen LogP contribution in [0.1, 0.15) is 5.56 Å². The summed E-state index contributed by atoms with van der Waals surface area (Å²) in [5.74, 6) is 0.00354. The second kappa shape index (κ2) is 5.46. The van der Waals surface area contributed by atoms with E-state index >= 15 is 0 Å². The lowest BCUT2D eigenvalue weighted by atomic mass is 10.2. The van der Waals surface area contributed by atoms with Gasteiger partial charge >= 0.3 is 0 Å². The zero-order valence-corrected chi connectivity index (χ0v) is 8.47. The zero-order valence-electron chi connectivity index (χ0n) is 8.47. The summed E-state index contributed by atoms with van der Waals surface area (Å²) in [6.07, 6.45) is 0.409. The van der Waals surface area contributed by atoms with E-state index in [0.29, 0.717) is 17.7 Å². The standard InChI is InChI=1S/C11H13F2NO/c1-8-2-10(13)4-11(3-8)15-7-9(5-12)6-14/h2-5H,6-7,14H2,1H3/b9-5+. The SMILES string of the molecule is Cc1cc(F)cc(OC/C(=C/F)CN)c1. The molecule has 0 heterocycles. The maximum Gasteiger partial charge on any atom is 0.127 e. The molecule has 0 aliphatic heterocycles. The maximum atomic E-state index is 12.9. The molecule has 0 bridgehead atoms. The summed E-state index contributed by atoms with van der Waals surface area (Å²) in [4.78, 5) is 0. The van der Waals surface area contributed by atoms with Crippen LogP contribution in [0.2, 0.25) is 0 Å².